The molecule has 0 bridgehead atoms. The molecular formula is C22H22ClN3O3. The molecule has 7 heteroatoms. The molecule has 2 aromatic rings. The highest BCUT2D eigenvalue weighted by Gasteiger charge is 2.43. The monoisotopic (exact) mass is 411 g/mol. The van der Waals surface area contributed by atoms with Gasteiger partial charge in [-0.25, -0.2) is 4.90 Å². The summed E-state index contributed by atoms with van der Waals surface area (Å²) in [5, 5.41) is 0.716. The minimum Gasteiger partial charge on any atom is -0.368 e. The van der Waals surface area contributed by atoms with Crippen LogP contribution in [0.15, 0.2) is 48.5 Å². The molecule has 0 spiro atoms. The maximum Gasteiger partial charge on any atom is 0.251 e. The molecule has 150 valence electrons. The van der Waals surface area contributed by atoms with Crippen LogP contribution < -0.4 is 9.80 Å². The smallest absolute Gasteiger partial charge is 0.251 e. The van der Waals surface area contributed by atoms with E-state index in [1.165, 1.54) is 11.8 Å². The van der Waals surface area contributed by atoms with Gasteiger partial charge in [0, 0.05) is 31.7 Å². The van der Waals surface area contributed by atoms with Crippen molar-refractivity contribution in [3.63, 3.8) is 0 Å². The van der Waals surface area contributed by atoms with E-state index in [2.05, 4.69) is 9.80 Å². The lowest BCUT2D eigenvalue weighted by Crippen LogP contribution is -2.52. The number of carbonyl (C=O) groups is 3. The zero-order chi connectivity index (χ0) is 20.5. The van der Waals surface area contributed by atoms with E-state index in [9.17, 15) is 14.4 Å². The van der Waals surface area contributed by atoms with Crippen molar-refractivity contribution in [2.45, 2.75) is 19.4 Å². The minimum absolute atomic E-state index is 0.0510. The van der Waals surface area contributed by atoms with E-state index in [-0.39, 0.29) is 24.0 Å². The average molecular weight is 412 g/mol. The molecule has 0 radical (unpaired) electrons. The fourth-order valence-electron chi connectivity index (χ4n) is 4.00. The van der Waals surface area contributed by atoms with Gasteiger partial charge in [0.2, 0.25) is 5.91 Å². The number of imide groups is 1. The zero-order valence-corrected chi connectivity index (χ0v) is 16.9. The maximum atomic E-state index is 13.0. The zero-order valence-electron chi connectivity index (χ0n) is 16.2. The summed E-state index contributed by atoms with van der Waals surface area (Å²) < 4.78 is 0. The Hall–Kier alpha value is -2.70. The van der Waals surface area contributed by atoms with Crippen molar-refractivity contribution in [1.82, 2.24) is 4.90 Å². The second-order valence-electron chi connectivity index (χ2n) is 7.36. The molecule has 0 saturated carbocycles. The van der Waals surface area contributed by atoms with Crippen LogP contribution in [0, 0.1) is 0 Å². The van der Waals surface area contributed by atoms with E-state index in [4.69, 9.17) is 11.6 Å². The van der Waals surface area contributed by atoms with Crippen LogP contribution in [0.3, 0.4) is 0 Å². The van der Waals surface area contributed by atoms with Gasteiger partial charge in [0.05, 0.1) is 28.9 Å². The molecule has 0 N–H and O–H groups in total. The molecule has 2 fully saturated rings. The summed E-state index contributed by atoms with van der Waals surface area (Å²) >= 11 is 6.30. The van der Waals surface area contributed by atoms with Crippen LogP contribution in [0.2, 0.25) is 5.02 Å². The Bertz CT molecular complexity index is 952. The predicted octanol–water partition coefficient (Wildman–Crippen LogP) is 3.00. The highest BCUT2D eigenvalue weighted by molar-refractivity contribution is 6.33. The van der Waals surface area contributed by atoms with E-state index in [0.717, 1.165) is 18.8 Å². The molecule has 2 aromatic carbocycles. The normalized spacial score (nSPS) is 20.4. The van der Waals surface area contributed by atoms with Gasteiger partial charge < -0.3 is 4.90 Å². The molecule has 2 aliphatic heterocycles. The van der Waals surface area contributed by atoms with E-state index in [1.54, 1.807) is 24.3 Å². The predicted molar refractivity (Wildman–Crippen MR) is 113 cm³/mol. The summed E-state index contributed by atoms with van der Waals surface area (Å²) in [4.78, 5) is 42.6. The minimum atomic E-state index is -0.441. The molecule has 6 nitrogen and oxygen atoms in total. The average Bonchev–Trinajstić information content (AvgIpc) is 3.02. The second-order valence-corrected chi connectivity index (χ2v) is 7.77. The Morgan fingerprint density at radius 2 is 1.62 bits per heavy atom. The SMILES string of the molecule is CC(=O)c1ccc(N2C(=O)C[C@H](N3CCN(c4ccccc4Cl)CC3)C2=O)cc1. The van der Waals surface area contributed by atoms with Crippen LogP contribution in [0.1, 0.15) is 23.7 Å². The molecule has 2 saturated heterocycles. The van der Waals surface area contributed by atoms with Gasteiger partial charge in [-0.2, -0.15) is 0 Å². The molecular weight excluding hydrogens is 390 g/mol. The number of para-hydroxylation sites is 1. The molecule has 29 heavy (non-hydrogen) atoms. The number of nitrogens with zero attached hydrogens (tertiary/aromatic N) is 3. The summed E-state index contributed by atoms with van der Waals surface area (Å²) in [7, 11) is 0. The first kappa shape index (κ1) is 19.6. The number of hydrogen-bond donors (Lipinski definition) is 0. The third-order valence-corrected chi connectivity index (χ3v) is 5.92. The maximum absolute atomic E-state index is 13.0. The van der Waals surface area contributed by atoms with Crippen LogP contribution >= 0.6 is 11.6 Å². The third kappa shape index (κ3) is 3.78. The van der Waals surface area contributed by atoms with Crippen LogP contribution in [-0.2, 0) is 9.59 Å². The summed E-state index contributed by atoms with van der Waals surface area (Å²) in [5.41, 5.74) is 2.07. The molecule has 0 aromatic heterocycles. The summed E-state index contributed by atoms with van der Waals surface area (Å²) in [6.07, 6.45) is 0.180. The number of anilines is 2. The lowest BCUT2D eigenvalue weighted by Gasteiger charge is -2.38. The van der Waals surface area contributed by atoms with Crippen molar-refractivity contribution in [3.05, 3.63) is 59.1 Å². The molecule has 4 rings (SSSR count). The van der Waals surface area contributed by atoms with Crippen molar-refractivity contribution in [1.29, 1.82) is 0 Å². The summed E-state index contributed by atoms with van der Waals surface area (Å²) in [6, 6.07) is 13.9. The fraction of sp³-hybridized carbons (Fsp3) is 0.318. The van der Waals surface area contributed by atoms with Crippen molar-refractivity contribution < 1.29 is 14.4 Å². The first-order valence-corrected chi connectivity index (χ1v) is 10.0. The van der Waals surface area contributed by atoms with Gasteiger partial charge >= 0.3 is 0 Å². The van der Waals surface area contributed by atoms with E-state index in [0.29, 0.717) is 29.4 Å². The third-order valence-electron chi connectivity index (χ3n) is 5.60. The molecule has 2 amide bonds. The Morgan fingerprint density at radius 1 is 0.966 bits per heavy atom. The topological polar surface area (TPSA) is 60.9 Å². The highest BCUT2D eigenvalue weighted by atomic mass is 35.5. The molecule has 0 aliphatic carbocycles. The number of benzene rings is 2. The lowest BCUT2D eigenvalue weighted by atomic mass is 10.1. The number of piperazine rings is 1. The summed E-state index contributed by atoms with van der Waals surface area (Å²) in [5.74, 6) is -0.453. The van der Waals surface area contributed by atoms with Crippen LogP contribution in [0.25, 0.3) is 0 Å². The van der Waals surface area contributed by atoms with Crippen molar-refractivity contribution in [2.24, 2.45) is 0 Å². The van der Waals surface area contributed by atoms with E-state index < -0.39 is 6.04 Å². The highest BCUT2D eigenvalue weighted by Crippen LogP contribution is 2.29. The van der Waals surface area contributed by atoms with Crippen LogP contribution in [0.4, 0.5) is 11.4 Å². The van der Waals surface area contributed by atoms with E-state index >= 15 is 0 Å². The molecule has 1 atom stereocenters. The van der Waals surface area contributed by atoms with Crippen LogP contribution in [-0.4, -0.2) is 54.7 Å². The number of hydrogen-bond acceptors (Lipinski definition) is 5. The Kier molecular flexibility index (Phi) is 5.39. The quantitative estimate of drug-likeness (QED) is 0.571. The Labute approximate surface area is 174 Å². The largest absolute Gasteiger partial charge is 0.368 e. The number of ketones is 1. The van der Waals surface area contributed by atoms with Gasteiger partial charge in [-0.15, -0.1) is 0 Å². The number of amides is 2. The first-order chi connectivity index (χ1) is 14.0. The second kappa shape index (κ2) is 7.97. The van der Waals surface area contributed by atoms with Crippen molar-refractivity contribution in [3.8, 4) is 0 Å². The van der Waals surface area contributed by atoms with Crippen LogP contribution in [0.5, 0.6) is 0 Å². The molecule has 2 aliphatic rings. The summed E-state index contributed by atoms with van der Waals surface area (Å²) in [6.45, 7) is 4.35. The Balaban J connectivity index is 1.44. The van der Waals surface area contributed by atoms with Gasteiger partial charge in [-0.1, -0.05) is 23.7 Å². The van der Waals surface area contributed by atoms with Gasteiger partial charge in [0.1, 0.15) is 0 Å². The van der Waals surface area contributed by atoms with Gasteiger partial charge in [-0.3, -0.25) is 19.3 Å². The number of rotatable bonds is 4. The lowest BCUT2D eigenvalue weighted by molar-refractivity contribution is -0.123. The number of halogens is 1. The van der Waals surface area contributed by atoms with Gasteiger partial charge in [0.25, 0.3) is 5.91 Å². The standard InChI is InChI=1S/C22H22ClN3O3/c1-15(27)16-6-8-17(9-7-16)26-21(28)14-20(22(26)29)25-12-10-24(11-13-25)19-5-3-2-4-18(19)23/h2-9,20H,10-14H2,1H3/t20-/m0/s1. The van der Waals surface area contributed by atoms with E-state index in [1.807, 2.05) is 24.3 Å². The van der Waals surface area contributed by atoms with Gasteiger partial charge in [-0.05, 0) is 43.3 Å². The molecule has 2 heterocycles. The fourth-order valence-corrected chi connectivity index (χ4v) is 4.26. The number of carbonyl (C=O) groups excluding carboxylic acids is 3. The van der Waals surface area contributed by atoms with Crippen molar-refractivity contribution >= 4 is 40.6 Å². The van der Waals surface area contributed by atoms with Crippen molar-refractivity contribution in [2.75, 3.05) is 36.0 Å². The van der Waals surface area contributed by atoms with Gasteiger partial charge in [0.15, 0.2) is 5.78 Å². The Morgan fingerprint density at radius 3 is 2.24 bits per heavy atom. The molecule has 0 unspecified atom stereocenters. The first-order valence-electron chi connectivity index (χ1n) is 9.67. The number of Topliss-reactive ketones (excluding diaryl/α,β-unsaturated/α-hetero) is 1.